The Morgan fingerprint density at radius 2 is 1.88 bits per heavy atom. The first-order valence-electron chi connectivity index (χ1n) is 8.95. The van der Waals surface area contributed by atoms with Gasteiger partial charge < -0.3 is 14.5 Å². The van der Waals surface area contributed by atoms with E-state index < -0.39 is 0 Å². The van der Waals surface area contributed by atoms with Crippen LogP contribution in [0.5, 0.6) is 5.75 Å². The van der Waals surface area contributed by atoms with Gasteiger partial charge in [0.05, 0.1) is 24.9 Å². The van der Waals surface area contributed by atoms with Crippen LogP contribution < -0.4 is 9.64 Å². The smallest absolute Gasteiger partial charge is 0.256 e. The Kier molecular flexibility index (Phi) is 4.15. The van der Waals surface area contributed by atoms with Crippen molar-refractivity contribution in [2.24, 2.45) is 0 Å². The Morgan fingerprint density at radius 3 is 2.62 bits per heavy atom. The van der Waals surface area contributed by atoms with E-state index in [1.807, 2.05) is 49.4 Å². The molecular weight excluding hydrogens is 328 g/mol. The second-order valence-electron chi connectivity index (χ2n) is 6.90. The Labute approximate surface area is 153 Å². The number of ether oxygens (including phenoxy) is 1. The second-order valence-corrected chi connectivity index (χ2v) is 6.90. The summed E-state index contributed by atoms with van der Waals surface area (Å²) in [6.07, 6.45) is 1.61. The molecule has 2 aromatic rings. The molecule has 0 bridgehead atoms. The molecule has 0 spiro atoms. The van der Waals surface area contributed by atoms with Crippen molar-refractivity contribution < 1.29 is 14.3 Å². The number of aryl methyl sites for hydroxylation is 1. The van der Waals surface area contributed by atoms with Gasteiger partial charge in [-0.05, 0) is 49.1 Å². The molecule has 2 heterocycles. The molecule has 0 saturated carbocycles. The van der Waals surface area contributed by atoms with Crippen LogP contribution in [0, 0.1) is 6.92 Å². The predicted molar refractivity (Wildman–Crippen MR) is 99.4 cm³/mol. The van der Waals surface area contributed by atoms with E-state index in [1.54, 1.807) is 16.9 Å². The van der Waals surface area contributed by atoms with Crippen molar-refractivity contribution >= 4 is 17.5 Å². The minimum atomic E-state index is -0.354. The second kappa shape index (κ2) is 6.48. The molecule has 4 rings (SSSR count). The van der Waals surface area contributed by atoms with E-state index >= 15 is 0 Å². The van der Waals surface area contributed by atoms with Crippen LogP contribution in [0.25, 0.3) is 0 Å². The average molecular weight is 350 g/mol. The van der Waals surface area contributed by atoms with Gasteiger partial charge in [-0.1, -0.05) is 24.3 Å². The van der Waals surface area contributed by atoms with Gasteiger partial charge in [0, 0.05) is 6.54 Å². The lowest BCUT2D eigenvalue weighted by atomic mass is 10.0. The SMILES string of the molecule is COc1ccc(CN2C(=O)[C@@H]3CCCN3C(=O)c3cccc(C)c32)cc1. The number of amides is 2. The third-order valence-corrected chi connectivity index (χ3v) is 5.30. The van der Waals surface area contributed by atoms with E-state index in [9.17, 15) is 9.59 Å². The van der Waals surface area contributed by atoms with Crippen LogP contribution in [0.4, 0.5) is 5.69 Å². The van der Waals surface area contributed by atoms with Gasteiger partial charge in [0.15, 0.2) is 0 Å². The lowest BCUT2D eigenvalue weighted by Gasteiger charge is -2.27. The van der Waals surface area contributed by atoms with Crippen molar-refractivity contribution in [3.05, 3.63) is 59.2 Å². The molecule has 1 fully saturated rings. The molecular formula is C21H22N2O3. The molecule has 2 aromatic carbocycles. The first-order valence-corrected chi connectivity index (χ1v) is 8.95. The average Bonchev–Trinajstić information content (AvgIpc) is 3.13. The van der Waals surface area contributed by atoms with Gasteiger partial charge in [0.2, 0.25) is 5.91 Å². The van der Waals surface area contributed by atoms with E-state index in [0.29, 0.717) is 18.7 Å². The predicted octanol–water partition coefficient (Wildman–Crippen LogP) is 3.16. The Bertz CT molecular complexity index is 860. The third kappa shape index (κ3) is 2.64. The quantitative estimate of drug-likeness (QED) is 0.854. The molecule has 0 unspecified atom stereocenters. The van der Waals surface area contributed by atoms with Gasteiger partial charge in [0.25, 0.3) is 5.91 Å². The van der Waals surface area contributed by atoms with Gasteiger partial charge >= 0.3 is 0 Å². The van der Waals surface area contributed by atoms with E-state index in [-0.39, 0.29) is 17.9 Å². The Morgan fingerprint density at radius 1 is 1.12 bits per heavy atom. The summed E-state index contributed by atoms with van der Waals surface area (Å²) in [5.74, 6) is 0.765. The fraction of sp³-hybridized carbons (Fsp3) is 0.333. The summed E-state index contributed by atoms with van der Waals surface area (Å²) in [5.41, 5.74) is 3.31. The molecule has 5 nitrogen and oxygen atoms in total. The van der Waals surface area contributed by atoms with E-state index in [0.717, 1.165) is 35.4 Å². The number of hydrogen-bond acceptors (Lipinski definition) is 3. The largest absolute Gasteiger partial charge is 0.497 e. The highest BCUT2D eigenvalue weighted by molar-refractivity contribution is 6.11. The third-order valence-electron chi connectivity index (χ3n) is 5.30. The van der Waals surface area contributed by atoms with E-state index in [4.69, 9.17) is 4.74 Å². The molecule has 5 heteroatoms. The van der Waals surface area contributed by atoms with E-state index in [1.165, 1.54) is 0 Å². The number of anilines is 1. The minimum Gasteiger partial charge on any atom is -0.497 e. The summed E-state index contributed by atoms with van der Waals surface area (Å²) >= 11 is 0. The maximum atomic E-state index is 13.3. The topological polar surface area (TPSA) is 49.9 Å². The number of nitrogens with zero attached hydrogens (tertiary/aromatic N) is 2. The molecule has 2 aliphatic rings. The number of carbonyl (C=O) groups excluding carboxylic acids is 2. The zero-order valence-corrected chi connectivity index (χ0v) is 15.1. The van der Waals surface area contributed by atoms with Crippen molar-refractivity contribution in [2.45, 2.75) is 32.4 Å². The summed E-state index contributed by atoms with van der Waals surface area (Å²) in [5, 5.41) is 0. The van der Waals surface area contributed by atoms with Crippen molar-refractivity contribution in [1.82, 2.24) is 4.90 Å². The monoisotopic (exact) mass is 350 g/mol. The van der Waals surface area contributed by atoms with Crippen LogP contribution in [-0.2, 0) is 11.3 Å². The van der Waals surface area contributed by atoms with Crippen LogP contribution >= 0.6 is 0 Å². The van der Waals surface area contributed by atoms with Gasteiger partial charge in [-0.25, -0.2) is 0 Å². The standard InChI is InChI=1S/C21H22N2O3/c1-14-5-3-6-17-19(14)23(13-15-8-10-16(26-2)11-9-15)21(25)18-7-4-12-22(18)20(17)24/h3,5-6,8-11,18H,4,7,12-13H2,1-2H3/t18-/m0/s1. The molecule has 134 valence electrons. The van der Waals surface area contributed by atoms with Gasteiger partial charge in [-0.2, -0.15) is 0 Å². The molecule has 26 heavy (non-hydrogen) atoms. The first-order chi connectivity index (χ1) is 12.6. The van der Waals surface area contributed by atoms with Gasteiger partial charge in [-0.15, -0.1) is 0 Å². The molecule has 0 N–H and O–H groups in total. The van der Waals surface area contributed by atoms with Crippen molar-refractivity contribution in [3.63, 3.8) is 0 Å². The highest BCUT2D eigenvalue weighted by Crippen LogP contribution is 2.35. The lowest BCUT2D eigenvalue weighted by Crippen LogP contribution is -2.44. The maximum Gasteiger partial charge on any atom is 0.256 e. The summed E-state index contributed by atoms with van der Waals surface area (Å²) in [4.78, 5) is 29.9. The number of rotatable bonds is 3. The maximum absolute atomic E-state index is 13.3. The summed E-state index contributed by atoms with van der Waals surface area (Å²) < 4.78 is 5.21. The summed E-state index contributed by atoms with van der Waals surface area (Å²) in [7, 11) is 1.63. The van der Waals surface area contributed by atoms with Gasteiger partial charge in [-0.3, -0.25) is 9.59 Å². The lowest BCUT2D eigenvalue weighted by molar-refractivity contribution is -0.122. The number of hydrogen-bond donors (Lipinski definition) is 0. The van der Waals surface area contributed by atoms with Crippen LogP contribution in [0.3, 0.4) is 0 Å². The first kappa shape index (κ1) is 16.6. The summed E-state index contributed by atoms with van der Waals surface area (Å²) in [6.45, 7) is 3.05. The van der Waals surface area contributed by atoms with Crippen LogP contribution in [0.15, 0.2) is 42.5 Å². The highest BCUT2D eigenvalue weighted by atomic mass is 16.5. The molecule has 0 aromatic heterocycles. The number of fused-ring (bicyclic) bond motifs is 2. The van der Waals surface area contributed by atoms with Crippen molar-refractivity contribution in [2.75, 3.05) is 18.6 Å². The van der Waals surface area contributed by atoms with Crippen LogP contribution in [-0.4, -0.2) is 36.4 Å². The Hall–Kier alpha value is -2.82. The molecule has 2 amide bonds. The van der Waals surface area contributed by atoms with E-state index in [2.05, 4.69) is 0 Å². The zero-order chi connectivity index (χ0) is 18.3. The minimum absolute atomic E-state index is 0.0136. The van der Waals surface area contributed by atoms with Crippen molar-refractivity contribution in [1.29, 1.82) is 0 Å². The normalized spacial score (nSPS) is 19.2. The molecule has 0 aliphatic carbocycles. The van der Waals surface area contributed by atoms with Crippen molar-refractivity contribution in [3.8, 4) is 5.75 Å². The van der Waals surface area contributed by atoms with Crippen LogP contribution in [0.1, 0.15) is 34.3 Å². The molecule has 0 radical (unpaired) electrons. The van der Waals surface area contributed by atoms with Gasteiger partial charge in [0.1, 0.15) is 11.8 Å². The fourth-order valence-electron chi connectivity index (χ4n) is 3.97. The fourth-order valence-corrected chi connectivity index (χ4v) is 3.97. The Balaban J connectivity index is 1.79. The number of benzene rings is 2. The van der Waals surface area contributed by atoms with Crippen LogP contribution in [0.2, 0.25) is 0 Å². The number of para-hydroxylation sites is 1. The highest BCUT2D eigenvalue weighted by Gasteiger charge is 2.42. The number of methoxy groups -OCH3 is 1. The zero-order valence-electron chi connectivity index (χ0n) is 15.1. The molecule has 1 saturated heterocycles. The molecule has 2 aliphatic heterocycles. The molecule has 1 atom stereocenters. The number of carbonyl (C=O) groups is 2. The summed E-state index contributed by atoms with van der Waals surface area (Å²) in [6, 6.07) is 13.0.